The number of aliphatic hydroxyl groups is 1. The zero-order chi connectivity index (χ0) is 16.3. The molecule has 2 rings (SSSR count). The van der Waals surface area contributed by atoms with Crippen LogP contribution in [0.25, 0.3) is 11.1 Å². The van der Waals surface area contributed by atoms with Crippen molar-refractivity contribution in [2.75, 3.05) is 7.11 Å². The fourth-order valence-electron chi connectivity index (χ4n) is 2.08. The van der Waals surface area contributed by atoms with Crippen LogP contribution in [0.1, 0.15) is 5.56 Å². The molecule has 0 aliphatic heterocycles. The summed E-state index contributed by atoms with van der Waals surface area (Å²) in [5.41, 5.74) is -0.396. The van der Waals surface area contributed by atoms with Crippen LogP contribution in [0, 0.1) is 20.2 Å². The van der Waals surface area contributed by atoms with Crippen molar-refractivity contribution in [3.63, 3.8) is 0 Å². The van der Waals surface area contributed by atoms with E-state index in [1.807, 2.05) is 0 Å². The molecule has 0 atom stereocenters. The van der Waals surface area contributed by atoms with Crippen molar-refractivity contribution in [2.24, 2.45) is 0 Å². The predicted octanol–water partition coefficient (Wildman–Crippen LogP) is 2.67. The molecular weight excluding hydrogens is 292 g/mol. The minimum atomic E-state index is -0.782. The number of benzene rings is 2. The van der Waals surface area contributed by atoms with Gasteiger partial charge in [0.2, 0.25) is 0 Å². The van der Waals surface area contributed by atoms with Crippen LogP contribution >= 0.6 is 0 Å². The highest BCUT2D eigenvalue weighted by molar-refractivity contribution is 5.72. The van der Waals surface area contributed by atoms with Crippen molar-refractivity contribution in [3.8, 4) is 16.9 Å². The molecule has 0 aromatic heterocycles. The van der Waals surface area contributed by atoms with Crippen molar-refractivity contribution in [1.29, 1.82) is 0 Å². The number of nitrogens with zero attached hydrogens (tertiary/aromatic N) is 2. The summed E-state index contributed by atoms with van der Waals surface area (Å²) in [5.74, 6) is 0.597. The van der Waals surface area contributed by atoms with E-state index >= 15 is 0 Å². The van der Waals surface area contributed by atoms with E-state index in [1.54, 1.807) is 24.3 Å². The van der Waals surface area contributed by atoms with Crippen LogP contribution in [0.5, 0.6) is 5.75 Å². The highest BCUT2D eigenvalue weighted by Gasteiger charge is 2.26. The molecule has 1 N–H and O–H groups in total. The van der Waals surface area contributed by atoms with Crippen LogP contribution in [0.2, 0.25) is 0 Å². The highest BCUT2D eigenvalue weighted by atomic mass is 16.6. The molecule has 0 radical (unpaired) electrons. The third kappa shape index (κ3) is 2.86. The zero-order valence-corrected chi connectivity index (χ0v) is 11.6. The SMILES string of the molecule is COc1ccc(-c2cc([N+](=O)[O-])c(CO)c([N+](=O)[O-])c2)cc1. The number of hydrogen-bond donors (Lipinski definition) is 1. The fraction of sp³-hybridized carbons (Fsp3) is 0.143. The van der Waals surface area contributed by atoms with Crippen molar-refractivity contribution in [2.45, 2.75) is 6.61 Å². The van der Waals surface area contributed by atoms with E-state index in [4.69, 9.17) is 4.74 Å². The van der Waals surface area contributed by atoms with Gasteiger partial charge < -0.3 is 9.84 Å². The van der Waals surface area contributed by atoms with E-state index in [0.717, 1.165) is 0 Å². The molecule has 0 unspecified atom stereocenters. The van der Waals surface area contributed by atoms with Gasteiger partial charge in [-0.15, -0.1) is 0 Å². The highest BCUT2D eigenvalue weighted by Crippen LogP contribution is 2.35. The Balaban J connectivity index is 2.65. The quantitative estimate of drug-likeness (QED) is 0.670. The second-order valence-electron chi connectivity index (χ2n) is 4.39. The normalized spacial score (nSPS) is 10.3. The average molecular weight is 304 g/mol. The summed E-state index contributed by atoms with van der Waals surface area (Å²) >= 11 is 0. The van der Waals surface area contributed by atoms with Gasteiger partial charge in [0.05, 0.1) is 23.6 Å². The van der Waals surface area contributed by atoms with Gasteiger partial charge in [0, 0.05) is 12.1 Å². The third-order valence-electron chi connectivity index (χ3n) is 3.18. The van der Waals surface area contributed by atoms with E-state index < -0.39 is 27.8 Å². The third-order valence-corrected chi connectivity index (χ3v) is 3.18. The standard InChI is InChI=1S/C14H12N2O6/c1-22-11-4-2-9(3-5-11)10-6-13(15(18)19)12(8-17)14(7-10)16(20)21/h2-7,17H,8H2,1H3. The van der Waals surface area contributed by atoms with Gasteiger partial charge in [-0.05, 0) is 23.3 Å². The summed E-state index contributed by atoms with van der Waals surface area (Å²) in [5, 5.41) is 31.4. The van der Waals surface area contributed by atoms with Crippen LogP contribution in [0.3, 0.4) is 0 Å². The van der Waals surface area contributed by atoms with Crippen LogP contribution in [-0.4, -0.2) is 22.1 Å². The van der Waals surface area contributed by atoms with E-state index in [0.29, 0.717) is 16.9 Å². The van der Waals surface area contributed by atoms with Crippen LogP contribution in [0.4, 0.5) is 11.4 Å². The Bertz CT molecular complexity index is 692. The Hall–Kier alpha value is -3.00. The van der Waals surface area contributed by atoms with Gasteiger partial charge in [0.25, 0.3) is 11.4 Å². The molecule has 0 aliphatic carbocycles. The number of methoxy groups -OCH3 is 1. The van der Waals surface area contributed by atoms with Crippen LogP contribution < -0.4 is 4.74 Å². The van der Waals surface area contributed by atoms with E-state index in [9.17, 15) is 25.3 Å². The van der Waals surface area contributed by atoms with Gasteiger partial charge in [-0.1, -0.05) is 12.1 Å². The summed E-state index contributed by atoms with van der Waals surface area (Å²) < 4.78 is 5.02. The summed E-state index contributed by atoms with van der Waals surface area (Å²) in [4.78, 5) is 20.7. The largest absolute Gasteiger partial charge is 0.497 e. The first-order chi connectivity index (χ1) is 10.5. The van der Waals surface area contributed by atoms with Crippen molar-refractivity contribution in [1.82, 2.24) is 0 Å². The maximum Gasteiger partial charge on any atom is 0.282 e. The monoisotopic (exact) mass is 304 g/mol. The molecule has 114 valence electrons. The minimum Gasteiger partial charge on any atom is -0.497 e. The van der Waals surface area contributed by atoms with Crippen molar-refractivity contribution in [3.05, 3.63) is 62.2 Å². The van der Waals surface area contributed by atoms with Gasteiger partial charge in [-0.2, -0.15) is 0 Å². The molecule has 0 amide bonds. The first-order valence-electron chi connectivity index (χ1n) is 6.19. The smallest absolute Gasteiger partial charge is 0.282 e. The molecule has 0 saturated carbocycles. The van der Waals surface area contributed by atoms with Crippen molar-refractivity contribution >= 4 is 11.4 Å². The fourth-order valence-corrected chi connectivity index (χ4v) is 2.08. The number of aliphatic hydroxyl groups excluding tert-OH is 1. The molecule has 0 spiro atoms. The molecule has 0 aliphatic rings. The zero-order valence-electron chi connectivity index (χ0n) is 11.6. The van der Waals surface area contributed by atoms with Gasteiger partial charge in [-0.25, -0.2) is 0 Å². The second-order valence-corrected chi connectivity index (χ2v) is 4.39. The molecule has 2 aromatic carbocycles. The molecule has 0 saturated heterocycles. The predicted molar refractivity (Wildman–Crippen MR) is 77.7 cm³/mol. The van der Waals surface area contributed by atoms with E-state index in [2.05, 4.69) is 0 Å². The molecule has 0 fully saturated rings. The molecule has 2 aromatic rings. The summed E-state index contributed by atoms with van der Waals surface area (Å²) in [6, 6.07) is 8.99. The van der Waals surface area contributed by atoms with Crippen molar-refractivity contribution < 1.29 is 19.7 Å². The average Bonchev–Trinajstić information content (AvgIpc) is 2.53. The maximum absolute atomic E-state index is 11.1. The first-order valence-corrected chi connectivity index (χ1v) is 6.19. The topological polar surface area (TPSA) is 116 Å². The Labute approximate surface area is 124 Å². The molecule has 22 heavy (non-hydrogen) atoms. The number of nitro groups is 2. The molecule has 8 nitrogen and oxygen atoms in total. The Morgan fingerprint density at radius 2 is 1.50 bits per heavy atom. The lowest BCUT2D eigenvalue weighted by molar-refractivity contribution is -0.396. The van der Waals surface area contributed by atoms with Gasteiger partial charge in [-0.3, -0.25) is 20.2 Å². The Kier molecular flexibility index (Phi) is 4.33. The lowest BCUT2D eigenvalue weighted by Crippen LogP contribution is -2.02. The summed E-state index contributed by atoms with van der Waals surface area (Å²) in [7, 11) is 1.50. The molecule has 8 heteroatoms. The maximum atomic E-state index is 11.1. The van der Waals surface area contributed by atoms with Crippen LogP contribution in [0.15, 0.2) is 36.4 Å². The van der Waals surface area contributed by atoms with Gasteiger partial charge in [0.15, 0.2) is 0 Å². The molecule has 0 bridgehead atoms. The Morgan fingerprint density at radius 3 is 1.86 bits per heavy atom. The van der Waals surface area contributed by atoms with Gasteiger partial charge >= 0.3 is 0 Å². The van der Waals surface area contributed by atoms with E-state index in [1.165, 1.54) is 19.2 Å². The second kappa shape index (κ2) is 6.19. The number of rotatable bonds is 5. The summed E-state index contributed by atoms with van der Waals surface area (Å²) in [6.45, 7) is -0.782. The minimum absolute atomic E-state index is 0.313. The lowest BCUT2D eigenvalue weighted by atomic mass is 10.0. The molecule has 0 heterocycles. The lowest BCUT2D eigenvalue weighted by Gasteiger charge is -2.07. The first kappa shape index (κ1) is 15.4. The number of ether oxygens (including phenoxy) is 1. The molecular formula is C14H12N2O6. The van der Waals surface area contributed by atoms with Crippen LogP contribution in [-0.2, 0) is 6.61 Å². The number of nitro benzene ring substituents is 2. The Morgan fingerprint density at radius 1 is 1.00 bits per heavy atom. The van der Waals surface area contributed by atoms with E-state index in [-0.39, 0.29) is 5.56 Å². The summed E-state index contributed by atoms with van der Waals surface area (Å²) in [6.07, 6.45) is 0. The van der Waals surface area contributed by atoms with Gasteiger partial charge in [0.1, 0.15) is 11.3 Å². The number of hydrogen-bond acceptors (Lipinski definition) is 6.